The van der Waals surface area contributed by atoms with Gasteiger partial charge in [-0.15, -0.1) is 11.8 Å². The molecule has 7 nitrogen and oxygen atoms in total. The summed E-state index contributed by atoms with van der Waals surface area (Å²) >= 11 is 4.60. The van der Waals surface area contributed by atoms with Crippen molar-refractivity contribution in [1.29, 1.82) is 0 Å². The standard InChI is InChI=1S/C22H22BrNO6S/c1-4-30-13-10-9-11-7-5-6-8-12(11)14(13)15(25)17(26)22(23)19(29)24-16(18(27)28)21(2,3)31-20(22)24/h5-10,16-17,20,26H,4H2,1-3H3,(H,27,28)/t16-,17?,20+,22?/m0/s1. The smallest absolute Gasteiger partial charge is 0.327 e. The minimum atomic E-state index is -1.72. The van der Waals surface area contributed by atoms with Crippen LogP contribution in [0.5, 0.6) is 5.75 Å². The van der Waals surface area contributed by atoms with Crippen LogP contribution < -0.4 is 4.74 Å². The maximum atomic E-state index is 13.5. The number of β-lactam (4-membered cyclic amide) rings is 1. The van der Waals surface area contributed by atoms with E-state index in [1.54, 1.807) is 39.0 Å². The van der Waals surface area contributed by atoms with Crippen LogP contribution in [0.2, 0.25) is 0 Å². The second kappa shape index (κ2) is 7.50. The number of Topliss-reactive ketones (excluding diaryl/α,β-unsaturated/α-hetero) is 1. The number of carbonyl (C=O) groups is 3. The van der Waals surface area contributed by atoms with Gasteiger partial charge in [0.05, 0.1) is 12.2 Å². The van der Waals surface area contributed by atoms with Crippen molar-refractivity contribution in [3.8, 4) is 5.75 Å². The fourth-order valence-electron chi connectivity index (χ4n) is 4.41. The Hall–Kier alpha value is -2.10. The summed E-state index contributed by atoms with van der Waals surface area (Å²) in [4.78, 5) is 39.7. The number of thioether (sulfide) groups is 1. The second-order valence-electron chi connectivity index (χ2n) is 8.15. The zero-order valence-corrected chi connectivity index (χ0v) is 19.6. The summed E-state index contributed by atoms with van der Waals surface area (Å²) in [5.74, 6) is -2.05. The van der Waals surface area contributed by atoms with Crippen LogP contribution in [0.15, 0.2) is 36.4 Å². The average Bonchev–Trinajstić information content (AvgIpc) is 3.01. The van der Waals surface area contributed by atoms with Gasteiger partial charge in [0.15, 0.2) is 10.1 Å². The molecule has 2 aliphatic rings. The minimum absolute atomic E-state index is 0.203. The number of benzene rings is 2. The molecular formula is C22H22BrNO6S. The molecule has 0 aromatic heterocycles. The van der Waals surface area contributed by atoms with Crippen LogP contribution in [-0.2, 0) is 9.59 Å². The molecule has 0 saturated carbocycles. The molecule has 0 bridgehead atoms. The predicted molar refractivity (Wildman–Crippen MR) is 121 cm³/mol. The molecule has 9 heteroatoms. The Balaban J connectivity index is 1.76. The summed E-state index contributed by atoms with van der Waals surface area (Å²) in [7, 11) is 0. The molecular weight excluding hydrogens is 486 g/mol. The fourth-order valence-corrected chi connectivity index (χ4v) is 6.97. The first-order chi connectivity index (χ1) is 14.6. The summed E-state index contributed by atoms with van der Waals surface area (Å²) in [5.41, 5.74) is 0.203. The van der Waals surface area contributed by atoms with Crippen LogP contribution in [0, 0.1) is 0 Å². The number of nitrogens with zero attached hydrogens (tertiary/aromatic N) is 1. The molecule has 31 heavy (non-hydrogen) atoms. The van der Waals surface area contributed by atoms with Gasteiger partial charge >= 0.3 is 5.97 Å². The lowest BCUT2D eigenvalue weighted by molar-refractivity contribution is -0.163. The molecule has 2 unspecified atom stereocenters. The van der Waals surface area contributed by atoms with Crippen molar-refractivity contribution >= 4 is 56.1 Å². The van der Waals surface area contributed by atoms with Gasteiger partial charge in [-0.1, -0.05) is 46.3 Å². The van der Waals surface area contributed by atoms with E-state index in [4.69, 9.17) is 4.74 Å². The highest BCUT2D eigenvalue weighted by atomic mass is 79.9. The lowest BCUT2D eigenvalue weighted by Crippen LogP contribution is -2.75. The molecule has 0 aliphatic carbocycles. The van der Waals surface area contributed by atoms with E-state index in [0.717, 1.165) is 5.39 Å². The van der Waals surface area contributed by atoms with Gasteiger partial charge in [0.1, 0.15) is 23.3 Å². The number of hydrogen-bond donors (Lipinski definition) is 2. The molecule has 2 aromatic rings. The molecule has 1 amide bonds. The van der Waals surface area contributed by atoms with Gasteiger partial charge in [-0.25, -0.2) is 4.79 Å². The summed E-state index contributed by atoms with van der Waals surface area (Å²) in [6.45, 7) is 5.60. The van der Waals surface area contributed by atoms with Crippen molar-refractivity contribution in [1.82, 2.24) is 4.90 Å². The molecule has 2 saturated heterocycles. The SMILES string of the molecule is CCOc1ccc2ccccc2c1C(=O)C(O)C1(Br)C(=O)N2[C@@H](C(=O)O)C(C)(C)S[C@@H]21. The van der Waals surface area contributed by atoms with Crippen LogP contribution in [-0.4, -0.2) is 66.0 Å². The van der Waals surface area contributed by atoms with Gasteiger partial charge in [0, 0.05) is 4.75 Å². The summed E-state index contributed by atoms with van der Waals surface area (Å²) in [6.07, 6.45) is -1.72. The monoisotopic (exact) mass is 507 g/mol. The maximum absolute atomic E-state index is 13.5. The highest BCUT2D eigenvalue weighted by molar-refractivity contribution is 9.10. The fraction of sp³-hybridized carbons (Fsp3) is 0.409. The summed E-state index contributed by atoms with van der Waals surface area (Å²) in [6, 6.07) is 9.71. The predicted octanol–water partition coefficient (Wildman–Crippen LogP) is 3.06. The highest BCUT2D eigenvalue weighted by Crippen LogP contribution is 2.59. The highest BCUT2D eigenvalue weighted by Gasteiger charge is 2.74. The van der Waals surface area contributed by atoms with Gasteiger partial charge in [-0.3, -0.25) is 9.59 Å². The van der Waals surface area contributed by atoms with Crippen molar-refractivity contribution in [2.75, 3.05) is 6.61 Å². The molecule has 2 aliphatic heterocycles. The third-order valence-electron chi connectivity index (χ3n) is 5.84. The van der Waals surface area contributed by atoms with Crippen LogP contribution in [0.4, 0.5) is 0 Å². The Morgan fingerprint density at radius 2 is 1.94 bits per heavy atom. The Kier molecular flexibility index (Phi) is 5.34. The quantitative estimate of drug-likeness (QED) is 0.351. The molecule has 4 rings (SSSR count). The van der Waals surface area contributed by atoms with Gasteiger partial charge in [-0.2, -0.15) is 0 Å². The number of carboxylic acids is 1. The third kappa shape index (κ3) is 3.08. The summed E-state index contributed by atoms with van der Waals surface area (Å²) < 4.78 is 3.26. The van der Waals surface area contributed by atoms with Gasteiger partial charge in [0.25, 0.3) is 0 Å². The topological polar surface area (TPSA) is 104 Å². The van der Waals surface area contributed by atoms with E-state index in [9.17, 15) is 24.6 Å². The lowest BCUT2D eigenvalue weighted by Gasteiger charge is -2.51. The van der Waals surface area contributed by atoms with E-state index in [1.165, 1.54) is 16.7 Å². The molecule has 2 heterocycles. The molecule has 2 fully saturated rings. The first kappa shape index (κ1) is 22.1. The van der Waals surface area contributed by atoms with Crippen molar-refractivity contribution in [2.24, 2.45) is 0 Å². The van der Waals surface area contributed by atoms with Crippen molar-refractivity contribution in [3.05, 3.63) is 42.0 Å². The number of ketones is 1. The number of carbonyl (C=O) groups excluding carboxylic acids is 2. The largest absolute Gasteiger partial charge is 0.493 e. The Labute approximate surface area is 191 Å². The number of aliphatic hydroxyl groups excluding tert-OH is 1. The third-order valence-corrected chi connectivity index (χ3v) is 9.01. The van der Waals surface area contributed by atoms with E-state index < -0.39 is 44.3 Å². The number of aliphatic hydroxyl groups is 1. The summed E-state index contributed by atoms with van der Waals surface area (Å²) in [5, 5.41) is 21.5. The van der Waals surface area contributed by atoms with Gasteiger partial charge in [0.2, 0.25) is 5.91 Å². The molecule has 0 radical (unpaired) electrons. The van der Waals surface area contributed by atoms with Gasteiger partial charge in [-0.05, 0) is 37.6 Å². The number of carboxylic acid groups (broad SMARTS) is 1. The first-order valence-corrected chi connectivity index (χ1v) is 11.5. The zero-order chi connectivity index (χ0) is 22.7. The normalized spacial score (nSPS) is 27.5. The lowest BCUT2D eigenvalue weighted by atomic mass is 9.83. The van der Waals surface area contributed by atoms with E-state index in [2.05, 4.69) is 15.9 Å². The number of alkyl halides is 1. The van der Waals surface area contributed by atoms with E-state index in [-0.39, 0.29) is 5.56 Å². The molecule has 0 spiro atoms. The molecule has 2 aromatic carbocycles. The second-order valence-corrected chi connectivity index (χ2v) is 11.2. The molecule has 2 N–H and O–H groups in total. The van der Waals surface area contributed by atoms with E-state index >= 15 is 0 Å². The van der Waals surface area contributed by atoms with E-state index in [1.807, 2.05) is 18.2 Å². The van der Waals surface area contributed by atoms with Crippen molar-refractivity contribution < 1.29 is 29.3 Å². The maximum Gasteiger partial charge on any atom is 0.327 e. The Bertz CT molecular complexity index is 1100. The van der Waals surface area contributed by atoms with Crippen LogP contribution >= 0.6 is 27.7 Å². The number of fused-ring (bicyclic) bond motifs is 2. The van der Waals surface area contributed by atoms with Crippen LogP contribution in [0.25, 0.3) is 10.8 Å². The number of hydrogen-bond acceptors (Lipinski definition) is 6. The Morgan fingerprint density at radius 1 is 1.26 bits per heavy atom. The number of aliphatic carboxylic acids is 1. The zero-order valence-electron chi connectivity index (χ0n) is 17.2. The van der Waals surface area contributed by atoms with Crippen molar-refractivity contribution in [3.63, 3.8) is 0 Å². The van der Waals surface area contributed by atoms with Crippen LogP contribution in [0.3, 0.4) is 0 Å². The molecule has 4 atom stereocenters. The van der Waals surface area contributed by atoms with Gasteiger partial charge < -0.3 is 19.8 Å². The number of amides is 1. The number of rotatable bonds is 6. The van der Waals surface area contributed by atoms with Crippen molar-refractivity contribution in [2.45, 2.75) is 47.4 Å². The Morgan fingerprint density at radius 3 is 2.58 bits per heavy atom. The van der Waals surface area contributed by atoms with Crippen LogP contribution in [0.1, 0.15) is 31.1 Å². The van der Waals surface area contributed by atoms with E-state index in [0.29, 0.717) is 17.7 Å². The number of ether oxygens (including phenoxy) is 1. The molecule has 164 valence electrons. The first-order valence-electron chi connectivity index (χ1n) is 9.84. The minimum Gasteiger partial charge on any atom is -0.493 e. The number of halogens is 1. The average molecular weight is 508 g/mol.